The minimum Gasteiger partial charge on any atom is -0.436 e. The highest BCUT2D eigenvalue weighted by Gasteiger charge is 2.10. The molecule has 0 saturated heterocycles. The summed E-state index contributed by atoms with van der Waals surface area (Å²) in [7, 11) is 0. The maximum atomic E-state index is 5.99. The van der Waals surface area contributed by atoms with Gasteiger partial charge in [0.05, 0.1) is 6.20 Å². The lowest BCUT2D eigenvalue weighted by atomic mass is 10.0. The zero-order valence-electron chi connectivity index (χ0n) is 12.3. The molecule has 2 nitrogen and oxygen atoms in total. The van der Waals surface area contributed by atoms with Gasteiger partial charge in [-0.15, -0.1) is 0 Å². The quantitative estimate of drug-likeness (QED) is 0.488. The van der Waals surface area contributed by atoms with Crippen LogP contribution in [-0.4, -0.2) is 4.98 Å². The highest BCUT2D eigenvalue weighted by atomic mass is 16.4. The minimum atomic E-state index is 0.655. The molecule has 0 amide bonds. The lowest BCUT2D eigenvalue weighted by Crippen LogP contribution is -1.78. The Morgan fingerprint density at radius 2 is 1.59 bits per heavy atom. The molecule has 0 aliphatic carbocycles. The minimum absolute atomic E-state index is 0.655. The first kappa shape index (κ1) is 12.8. The van der Waals surface area contributed by atoms with Crippen LogP contribution in [0.5, 0.6) is 0 Å². The predicted octanol–water partition coefficient (Wildman–Crippen LogP) is 5.47. The Morgan fingerprint density at radius 3 is 2.45 bits per heavy atom. The number of aryl methyl sites for hydroxylation is 1. The zero-order valence-corrected chi connectivity index (χ0v) is 12.3. The van der Waals surface area contributed by atoms with E-state index in [0.29, 0.717) is 5.89 Å². The zero-order chi connectivity index (χ0) is 14.9. The fraction of sp³-hybridized carbons (Fsp3) is 0.0500. The van der Waals surface area contributed by atoms with Gasteiger partial charge in [0.15, 0.2) is 5.76 Å². The molecule has 1 aromatic heterocycles. The van der Waals surface area contributed by atoms with Crippen LogP contribution in [0, 0.1) is 6.92 Å². The molecule has 0 aliphatic rings. The highest BCUT2D eigenvalue weighted by molar-refractivity contribution is 5.95. The lowest BCUT2D eigenvalue weighted by molar-refractivity contribution is 0.589. The molecular formula is C20H15NO. The van der Waals surface area contributed by atoms with Crippen LogP contribution in [0.2, 0.25) is 0 Å². The molecule has 0 bridgehead atoms. The fourth-order valence-electron chi connectivity index (χ4n) is 2.67. The van der Waals surface area contributed by atoms with Crippen LogP contribution < -0.4 is 0 Å². The van der Waals surface area contributed by atoms with Crippen LogP contribution in [0.3, 0.4) is 0 Å². The van der Waals surface area contributed by atoms with Crippen LogP contribution in [0.15, 0.2) is 77.3 Å². The number of hydrogen-bond donors (Lipinski definition) is 0. The van der Waals surface area contributed by atoms with Crippen molar-refractivity contribution in [1.82, 2.24) is 4.98 Å². The van der Waals surface area contributed by atoms with Crippen molar-refractivity contribution in [3.8, 4) is 22.8 Å². The standard InChI is InChI=1S/C20H15NO/c1-14-9-11-16(12-10-14)20-21-13-19(22-20)18-8-4-6-15-5-2-3-7-17(15)18/h2-13H,1H3. The van der Waals surface area contributed by atoms with Crippen molar-refractivity contribution in [2.75, 3.05) is 0 Å². The van der Waals surface area contributed by atoms with Crippen LogP contribution >= 0.6 is 0 Å². The maximum Gasteiger partial charge on any atom is 0.226 e. The second kappa shape index (κ2) is 5.15. The monoisotopic (exact) mass is 285 g/mol. The van der Waals surface area contributed by atoms with Crippen molar-refractivity contribution >= 4 is 10.8 Å². The van der Waals surface area contributed by atoms with Gasteiger partial charge in [0.2, 0.25) is 5.89 Å². The molecular weight excluding hydrogens is 270 g/mol. The van der Waals surface area contributed by atoms with Crippen molar-refractivity contribution in [3.05, 3.63) is 78.5 Å². The predicted molar refractivity (Wildman–Crippen MR) is 89.6 cm³/mol. The highest BCUT2D eigenvalue weighted by Crippen LogP contribution is 2.31. The summed E-state index contributed by atoms with van der Waals surface area (Å²) in [6.45, 7) is 2.07. The molecule has 0 radical (unpaired) electrons. The molecule has 4 rings (SSSR count). The van der Waals surface area contributed by atoms with Gasteiger partial charge >= 0.3 is 0 Å². The Morgan fingerprint density at radius 1 is 0.818 bits per heavy atom. The average molecular weight is 285 g/mol. The van der Waals surface area contributed by atoms with Crippen molar-refractivity contribution < 1.29 is 4.42 Å². The Labute approximate surface area is 129 Å². The number of nitrogens with zero attached hydrogens (tertiary/aromatic N) is 1. The summed E-state index contributed by atoms with van der Waals surface area (Å²) in [5.74, 6) is 1.45. The van der Waals surface area contributed by atoms with Crippen LogP contribution in [0.4, 0.5) is 0 Å². The summed E-state index contributed by atoms with van der Waals surface area (Å²) in [5, 5.41) is 2.38. The molecule has 0 aliphatic heterocycles. The largest absolute Gasteiger partial charge is 0.436 e. The summed E-state index contributed by atoms with van der Waals surface area (Å²) < 4.78 is 5.99. The number of fused-ring (bicyclic) bond motifs is 1. The molecule has 0 N–H and O–H groups in total. The molecule has 22 heavy (non-hydrogen) atoms. The van der Waals surface area contributed by atoms with Crippen LogP contribution in [-0.2, 0) is 0 Å². The first-order valence-electron chi connectivity index (χ1n) is 7.32. The van der Waals surface area contributed by atoms with Crippen molar-refractivity contribution in [2.45, 2.75) is 6.92 Å². The van der Waals surface area contributed by atoms with E-state index in [0.717, 1.165) is 16.9 Å². The van der Waals surface area contributed by atoms with Gasteiger partial charge in [0.1, 0.15) is 0 Å². The van der Waals surface area contributed by atoms with Gasteiger partial charge in [-0.2, -0.15) is 0 Å². The third-order valence-corrected chi connectivity index (χ3v) is 3.86. The van der Waals surface area contributed by atoms with Crippen LogP contribution in [0.25, 0.3) is 33.6 Å². The molecule has 106 valence electrons. The number of oxazole rings is 1. The molecule has 3 aromatic carbocycles. The topological polar surface area (TPSA) is 26.0 Å². The van der Waals surface area contributed by atoms with Gasteiger partial charge < -0.3 is 4.42 Å². The summed E-state index contributed by atoms with van der Waals surface area (Å²) in [5.41, 5.74) is 3.30. The van der Waals surface area contributed by atoms with E-state index in [9.17, 15) is 0 Å². The third-order valence-electron chi connectivity index (χ3n) is 3.86. The molecule has 0 spiro atoms. The van der Waals surface area contributed by atoms with E-state index < -0.39 is 0 Å². The lowest BCUT2D eigenvalue weighted by Gasteiger charge is -2.03. The fourth-order valence-corrected chi connectivity index (χ4v) is 2.67. The van der Waals surface area contributed by atoms with Gasteiger partial charge in [0.25, 0.3) is 0 Å². The SMILES string of the molecule is Cc1ccc(-c2ncc(-c3cccc4ccccc34)o2)cc1. The summed E-state index contributed by atoms with van der Waals surface area (Å²) >= 11 is 0. The molecule has 2 heteroatoms. The van der Waals surface area contributed by atoms with Gasteiger partial charge in [-0.05, 0) is 29.8 Å². The Hall–Kier alpha value is -2.87. The smallest absolute Gasteiger partial charge is 0.226 e. The number of benzene rings is 3. The van der Waals surface area contributed by atoms with Crippen LogP contribution in [0.1, 0.15) is 5.56 Å². The second-order valence-electron chi connectivity index (χ2n) is 5.42. The number of hydrogen-bond acceptors (Lipinski definition) is 2. The van der Waals surface area contributed by atoms with E-state index in [4.69, 9.17) is 4.42 Å². The van der Waals surface area contributed by atoms with E-state index in [2.05, 4.69) is 48.3 Å². The van der Waals surface area contributed by atoms with Gasteiger partial charge in [-0.25, -0.2) is 4.98 Å². The van der Waals surface area contributed by atoms with E-state index in [1.807, 2.05) is 30.3 Å². The molecule has 0 unspecified atom stereocenters. The summed E-state index contributed by atoms with van der Waals surface area (Å²) in [6.07, 6.45) is 1.80. The van der Waals surface area contributed by atoms with Crippen molar-refractivity contribution in [2.24, 2.45) is 0 Å². The van der Waals surface area contributed by atoms with Crippen molar-refractivity contribution in [3.63, 3.8) is 0 Å². The number of rotatable bonds is 2. The average Bonchev–Trinajstić information content (AvgIpc) is 3.05. The third kappa shape index (κ3) is 2.19. The molecule has 0 saturated carbocycles. The summed E-state index contributed by atoms with van der Waals surface area (Å²) in [4.78, 5) is 4.43. The molecule has 1 heterocycles. The Balaban J connectivity index is 1.82. The summed E-state index contributed by atoms with van der Waals surface area (Å²) in [6, 6.07) is 22.7. The van der Waals surface area contributed by atoms with E-state index in [1.54, 1.807) is 6.20 Å². The van der Waals surface area contributed by atoms with Gasteiger partial charge in [-0.1, -0.05) is 60.2 Å². The molecule has 4 aromatic rings. The Bertz CT molecular complexity index is 930. The van der Waals surface area contributed by atoms with E-state index >= 15 is 0 Å². The first-order valence-corrected chi connectivity index (χ1v) is 7.32. The first-order chi connectivity index (χ1) is 10.8. The normalized spacial score (nSPS) is 11.0. The maximum absolute atomic E-state index is 5.99. The molecule has 0 fully saturated rings. The van der Waals surface area contributed by atoms with E-state index in [-0.39, 0.29) is 0 Å². The second-order valence-corrected chi connectivity index (χ2v) is 5.42. The molecule has 0 atom stereocenters. The van der Waals surface area contributed by atoms with Crippen molar-refractivity contribution in [1.29, 1.82) is 0 Å². The Kier molecular flexibility index (Phi) is 3.01. The van der Waals surface area contributed by atoms with Gasteiger partial charge in [-0.3, -0.25) is 0 Å². The van der Waals surface area contributed by atoms with Gasteiger partial charge in [0, 0.05) is 11.1 Å². The van der Waals surface area contributed by atoms with E-state index in [1.165, 1.54) is 16.3 Å². The number of aromatic nitrogens is 1.